The van der Waals surface area contributed by atoms with E-state index in [-0.39, 0.29) is 24.2 Å². The Hall–Kier alpha value is -1.75. The van der Waals surface area contributed by atoms with Gasteiger partial charge in [0.25, 0.3) is 0 Å². The number of aryl methyl sites for hydroxylation is 1. The zero-order chi connectivity index (χ0) is 19.7. The number of aliphatic carboxylic acids is 1. The van der Waals surface area contributed by atoms with Gasteiger partial charge in [-0.2, -0.15) is 0 Å². The quantitative estimate of drug-likeness (QED) is 0.679. The Bertz CT molecular complexity index is 894. The van der Waals surface area contributed by atoms with Gasteiger partial charge in [0.2, 0.25) is 0 Å². The van der Waals surface area contributed by atoms with Gasteiger partial charge in [-0.05, 0) is 54.2 Å². The van der Waals surface area contributed by atoms with E-state index in [1.165, 1.54) is 16.7 Å². The highest BCUT2D eigenvalue weighted by Crippen LogP contribution is 2.44. The highest BCUT2D eigenvalue weighted by molar-refractivity contribution is 6.31. The zero-order valence-electron chi connectivity index (χ0n) is 16.6. The SMILES string of the molecule is CCc1cccc(Cl)c1COc1ccc2c(c1)CC1(C2)CN(CCC(=O)O)C1.Cl. The first-order valence-electron chi connectivity index (χ1n) is 9.93. The van der Waals surface area contributed by atoms with Crippen LogP contribution in [0.5, 0.6) is 5.75 Å². The molecule has 1 fully saturated rings. The maximum absolute atomic E-state index is 10.7. The van der Waals surface area contributed by atoms with Crippen LogP contribution in [0.4, 0.5) is 0 Å². The summed E-state index contributed by atoms with van der Waals surface area (Å²) in [5.74, 6) is 0.169. The van der Waals surface area contributed by atoms with Crippen LogP contribution in [-0.2, 0) is 30.7 Å². The van der Waals surface area contributed by atoms with Gasteiger partial charge in [-0.25, -0.2) is 0 Å². The summed E-state index contributed by atoms with van der Waals surface area (Å²) in [6.45, 7) is 5.24. The van der Waals surface area contributed by atoms with Crippen molar-refractivity contribution in [3.05, 3.63) is 63.7 Å². The monoisotopic (exact) mass is 435 g/mol. The highest BCUT2D eigenvalue weighted by atomic mass is 35.5. The van der Waals surface area contributed by atoms with Gasteiger partial charge in [0, 0.05) is 35.6 Å². The van der Waals surface area contributed by atoms with Crippen molar-refractivity contribution < 1.29 is 14.6 Å². The van der Waals surface area contributed by atoms with Crippen LogP contribution < -0.4 is 4.74 Å². The number of benzene rings is 2. The smallest absolute Gasteiger partial charge is 0.304 e. The topological polar surface area (TPSA) is 49.8 Å². The van der Waals surface area contributed by atoms with Crippen molar-refractivity contribution in [1.29, 1.82) is 0 Å². The molecule has 6 heteroatoms. The molecule has 1 spiro atoms. The largest absolute Gasteiger partial charge is 0.489 e. The Morgan fingerprint density at radius 2 is 1.97 bits per heavy atom. The molecule has 0 aromatic heterocycles. The maximum Gasteiger partial charge on any atom is 0.304 e. The normalized spacial score (nSPS) is 16.8. The molecule has 2 aromatic carbocycles. The Balaban J connectivity index is 0.00000240. The minimum absolute atomic E-state index is 0. The summed E-state index contributed by atoms with van der Waals surface area (Å²) in [5.41, 5.74) is 5.35. The molecule has 4 nitrogen and oxygen atoms in total. The van der Waals surface area contributed by atoms with Crippen molar-refractivity contribution >= 4 is 30.0 Å². The molecule has 1 N–H and O–H groups in total. The second-order valence-corrected chi connectivity index (χ2v) is 8.57. The number of hydrogen-bond donors (Lipinski definition) is 1. The summed E-state index contributed by atoms with van der Waals surface area (Å²) in [4.78, 5) is 13.0. The van der Waals surface area contributed by atoms with Crippen LogP contribution in [0.3, 0.4) is 0 Å². The second kappa shape index (κ2) is 8.95. The predicted octanol–water partition coefficient (Wildman–Crippen LogP) is 4.78. The number of carboxylic acids is 1. The van der Waals surface area contributed by atoms with Gasteiger partial charge in [-0.15, -0.1) is 12.4 Å². The summed E-state index contributed by atoms with van der Waals surface area (Å²) >= 11 is 6.37. The van der Waals surface area contributed by atoms with E-state index in [9.17, 15) is 4.79 Å². The zero-order valence-corrected chi connectivity index (χ0v) is 18.2. The molecule has 4 rings (SSSR count). The molecule has 1 heterocycles. The van der Waals surface area contributed by atoms with Crippen molar-refractivity contribution in [1.82, 2.24) is 4.90 Å². The first-order valence-corrected chi connectivity index (χ1v) is 10.3. The summed E-state index contributed by atoms with van der Waals surface area (Å²) < 4.78 is 6.09. The molecule has 156 valence electrons. The molecule has 29 heavy (non-hydrogen) atoms. The van der Waals surface area contributed by atoms with E-state index in [4.69, 9.17) is 21.4 Å². The molecule has 0 amide bonds. The molecule has 0 bridgehead atoms. The van der Waals surface area contributed by atoms with Gasteiger partial charge in [0.15, 0.2) is 0 Å². The summed E-state index contributed by atoms with van der Waals surface area (Å²) in [7, 11) is 0. The van der Waals surface area contributed by atoms with E-state index >= 15 is 0 Å². The van der Waals surface area contributed by atoms with Crippen LogP contribution in [0.1, 0.15) is 35.6 Å². The Morgan fingerprint density at radius 1 is 1.21 bits per heavy atom. The molecule has 0 radical (unpaired) electrons. The van der Waals surface area contributed by atoms with E-state index in [1.54, 1.807) is 0 Å². The van der Waals surface area contributed by atoms with Crippen LogP contribution in [0.15, 0.2) is 36.4 Å². The standard InChI is InChI=1S/C23H26ClNO3.ClH/c1-2-16-4-3-5-21(24)20(16)13-28-19-7-6-17-11-23(12-18(17)10-19)14-25(15-23)9-8-22(26)27;/h3-7,10H,2,8-9,11-15H2,1H3,(H,26,27);1H. The van der Waals surface area contributed by atoms with Gasteiger partial charge in [-0.1, -0.05) is 36.7 Å². The maximum atomic E-state index is 10.7. The van der Waals surface area contributed by atoms with Crippen molar-refractivity contribution in [3.8, 4) is 5.75 Å². The Morgan fingerprint density at radius 3 is 2.69 bits per heavy atom. The summed E-state index contributed by atoms with van der Waals surface area (Å²) in [5, 5.41) is 9.61. The van der Waals surface area contributed by atoms with E-state index in [0.29, 0.717) is 13.2 Å². The molecule has 2 aromatic rings. The summed E-state index contributed by atoms with van der Waals surface area (Å²) in [6, 6.07) is 12.4. The fraction of sp³-hybridized carbons (Fsp3) is 0.435. The fourth-order valence-electron chi connectivity index (χ4n) is 4.69. The number of fused-ring (bicyclic) bond motifs is 1. The third-order valence-electron chi connectivity index (χ3n) is 6.05. The van der Waals surface area contributed by atoms with E-state index in [1.807, 2.05) is 12.1 Å². The highest BCUT2D eigenvalue weighted by Gasteiger charge is 2.46. The van der Waals surface area contributed by atoms with Crippen LogP contribution in [-0.4, -0.2) is 35.6 Å². The number of hydrogen-bond acceptors (Lipinski definition) is 3. The minimum atomic E-state index is -0.720. The number of halogens is 2. The summed E-state index contributed by atoms with van der Waals surface area (Å²) in [6.07, 6.45) is 3.29. The average molecular weight is 436 g/mol. The third kappa shape index (κ3) is 4.71. The molecule has 1 aliphatic carbocycles. The third-order valence-corrected chi connectivity index (χ3v) is 6.40. The van der Waals surface area contributed by atoms with Crippen LogP contribution in [0.2, 0.25) is 5.02 Å². The second-order valence-electron chi connectivity index (χ2n) is 8.16. The van der Waals surface area contributed by atoms with E-state index in [0.717, 1.165) is 48.7 Å². The molecule has 2 aliphatic rings. The fourth-order valence-corrected chi connectivity index (χ4v) is 4.94. The minimum Gasteiger partial charge on any atom is -0.489 e. The molecular formula is C23H27Cl2NO3. The van der Waals surface area contributed by atoms with Gasteiger partial charge in [0.1, 0.15) is 12.4 Å². The lowest BCUT2D eigenvalue weighted by atomic mass is 9.77. The van der Waals surface area contributed by atoms with Crippen molar-refractivity contribution in [2.75, 3.05) is 19.6 Å². The lowest BCUT2D eigenvalue weighted by Gasteiger charge is -2.48. The number of likely N-dealkylation sites (tertiary alicyclic amines) is 1. The number of rotatable bonds is 7. The first-order chi connectivity index (χ1) is 13.5. The van der Waals surface area contributed by atoms with Gasteiger partial charge in [0.05, 0.1) is 6.42 Å². The van der Waals surface area contributed by atoms with Crippen LogP contribution in [0.25, 0.3) is 0 Å². The van der Waals surface area contributed by atoms with E-state index in [2.05, 4.69) is 36.1 Å². The number of nitrogens with zero attached hydrogens (tertiary/aromatic N) is 1. The molecule has 0 saturated carbocycles. The first kappa shape index (κ1) is 21.9. The van der Waals surface area contributed by atoms with Crippen molar-refractivity contribution in [2.45, 2.75) is 39.2 Å². The van der Waals surface area contributed by atoms with Gasteiger partial charge in [-0.3, -0.25) is 4.79 Å². The average Bonchev–Trinajstić information content (AvgIpc) is 3.03. The van der Waals surface area contributed by atoms with Gasteiger partial charge < -0.3 is 14.7 Å². The number of ether oxygens (including phenoxy) is 1. The van der Waals surface area contributed by atoms with Gasteiger partial charge >= 0.3 is 5.97 Å². The molecule has 0 atom stereocenters. The Labute approximate surface area is 183 Å². The van der Waals surface area contributed by atoms with E-state index < -0.39 is 5.97 Å². The number of carbonyl (C=O) groups is 1. The lowest BCUT2D eigenvalue weighted by molar-refractivity contribution is -0.138. The van der Waals surface area contributed by atoms with Crippen molar-refractivity contribution in [3.63, 3.8) is 0 Å². The number of carboxylic acid groups (broad SMARTS) is 1. The molecule has 1 aliphatic heterocycles. The predicted molar refractivity (Wildman–Crippen MR) is 117 cm³/mol. The van der Waals surface area contributed by atoms with Crippen molar-refractivity contribution in [2.24, 2.45) is 5.41 Å². The van der Waals surface area contributed by atoms with Crippen LogP contribution >= 0.6 is 24.0 Å². The molecule has 1 saturated heterocycles. The van der Waals surface area contributed by atoms with Crippen LogP contribution in [0, 0.1) is 5.41 Å². The molecular weight excluding hydrogens is 409 g/mol. The Kier molecular flexibility index (Phi) is 6.77. The lowest BCUT2D eigenvalue weighted by Crippen LogP contribution is -2.57. The molecule has 0 unspecified atom stereocenters.